The molecule has 87 heavy (non-hydrogen) atoms. The minimum Gasteiger partial charge on any atom is -0.497 e. The molecular weight excluding hydrogens is 1100 g/mol. The number of benzene rings is 12. The van der Waals surface area contributed by atoms with E-state index in [4.69, 9.17) is 14.2 Å². The summed E-state index contributed by atoms with van der Waals surface area (Å²) in [5, 5.41) is 11.5. The second kappa shape index (κ2) is 18.9. The van der Waals surface area contributed by atoms with Gasteiger partial charge < -0.3 is 14.2 Å². The summed E-state index contributed by atoms with van der Waals surface area (Å²) in [6, 6.07) is 42.6. The van der Waals surface area contributed by atoms with Gasteiger partial charge in [-0.1, -0.05) is 72.8 Å². The Balaban J connectivity index is 0.642. The van der Waals surface area contributed by atoms with Gasteiger partial charge in [0.15, 0.2) is 0 Å². The van der Waals surface area contributed by atoms with Crippen molar-refractivity contribution in [2.24, 2.45) is 0 Å². The van der Waals surface area contributed by atoms with Crippen LogP contribution in [0.1, 0.15) is 108 Å². The summed E-state index contributed by atoms with van der Waals surface area (Å²) >= 11 is 0. The van der Waals surface area contributed by atoms with E-state index in [9.17, 15) is 38.4 Å². The molecule has 0 radical (unpaired) electrons. The summed E-state index contributed by atoms with van der Waals surface area (Å²) in [6.45, 7) is 3.68. The maximum absolute atomic E-state index is 14.7. The van der Waals surface area contributed by atoms with Gasteiger partial charge in [0.05, 0.1) is 39.5 Å². The molecule has 0 bridgehead atoms. The molecule has 4 aliphatic rings. The highest BCUT2D eigenvalue weighted by atomic mass is 16.5. The van der Waals surface area contributed by atoms with Gasteiger partial charge in [-0.15, -0.1) is 0 Å². The Hall–Kier alpha value is -10.6. The summed E-state index contributed by atoms with van der Waals surface area (Å²) < 4.78 is 16.8. The van der Waals surface area contributed by atoms with Crippen LogP contribution in [0.15, 0.2) is 146 Å². The number of hydrogen-bond donors (Lipinski definition) is 0. The number of fused-ring (bicyclic) bond motifs is 4. The van der Waals surface area contributed by atoms with Crippen molar-refractivity contribution in [2.75, 3.05) is 40.5 Å². The van der Waals surface area contributed by atoms with Crippen molar-refractivity contribution in [1.82, 2.24) is 19.6 Å². The largest absolute Gasteiger partial charge is 0.497 e. The molecule has 12 aromatic rings. The smallest absolute Gasteiger partial charge is 0.261 e. The van der Waals surface area contributed by atoms with Crippen LogP contribution in [0.25, 0.3) is 86.2 Å². The fraction of sp³-hybridized carbons (Fsp3) is 0.167. The molecule has 0 saturated carbocycles. The molecule has 0 saturated heterocycles. The van der Waals surface area contributed by atoms with Crippen molar-refractivity contribution in [1.29, 1.82) is 0 Å². The maximum Gasteiger partial charge on any atom is 0.261 e. The molecule has 2 atom stereocenters. The monoisotopic (exact) mass is 1150 g/mol. The van der Waals surface area contributed by atoms with Crippen LogP contribution in [-0.2, 0) is 17.6 Å². The van der Waals surface area contributed by atoms with E-state index in [1.54, 1.807) is 76.6 Å². The fourth-order valence-corrected chi connectivity index (χ4v) is 14.5. The zero-order chi connectivity index (χ0) is 59.6. The van der Waals surface area contributed by atoms with E-state index in [1.165, 1.54) is 19.6 Å². The summed E-state index contributed by atoms with van der Waals surface area (Å²) in [4.78, 5) is 120. The lowest BCUT2D eigenvalue weighted by Gasteiger charge is -2.34. The van der Waals surface area contributed by atoms with Crippen LogP contribution >= 0.6 is 0 Å². The van der Waals surface area contributed by atoms with Gasteiger partial charge in [-0.25, -0.2) is 0 Å². The Morgan fingerprint density at radius 3 is 0.759 bits per heavy atom. The van der Waals surface area contributed by atoms with Crippen molar-refractivity contribution >= 4 is 133 Å². The number of hydrogen-bond acceptors (Lipinski definition) is 11. The van der Waals surface area contributed by atoms with Crippen LogP contribution in [0.5, 0.6) is 11.5 Å². The Morgan fingerprint density at radius 1 is 0.299 bits per heavy atom. The average molecular weight is 1150 g/mol. The third-order valence-electron chi connectivity index (χ3n) is 18.7. The third-order valence-corrected chi connectivity index (χ3v) is 18.7. The molecule has 12 aromatic carbocycles. The lowest BCUT2D eigenvalue weighted by Crippen LogP contribution is -2.49. The number of rotatable bonds is 14. The first-order valence-corrected chi connectivity index (χ1v) is 29.0. The van der Waals surface area contributed by atoms with Gasteiger partial charge in [0.25, 0.3) is 47.3 Å². The van der Waals surface area contributed by atoms with Crippen molar-refractivity contribution in [3.05, 3.63) is 201 Å². The Bertz CT molecular complexity index is 4610. The Labute approximate surface area is 495 Å². The number of ether oxygens (including phenoxy) is 3. The van der Waals surface area contributed by atoms with E-state index in [2.05, 4.69) is 0 Å². The van der Waals surface area contributed by atoms with Gasteiger partial charge in [0, 0.05) is 79.1 Å². The minimum absolute atomic E-state index is 0.0880. The standard InChI is InChI=1S/C72H50N4O11/c1-35(75-69(81)53-25-17-45-41-13-21-49-61-50(66(78)73(65(49)77)31-29-37-5-9-39(85-3)10-6-37)22-14-42(57(41)61)46-18-26-54(70(75)82)63(53)59(45)46)33-87-34-36(2)76-71(83)55-27-19-47-43-15-23-51-62-52(68(80)74(67(51)79)32-30-38-7-11-40(86-4)12-8-38)24-16-44(58(43)62)48-20-28-56(72(76)84)64(55)60(47)48/h5-28,35-36H,29-34H2,1-4H3. The van der Waals surface area contributed by atoms with Crippen LogP contribution in [0.4, 0.5) is 0 Å². The van der Waals surface area contributed by atoms with Gasteiger partial charge in [-0.05, 0) is 175 Å². The second-order valence-electron chi connectivity index (χ2n) is 23.2. The lowest BCUT2D eigenvalue weighted by molar-refractivity contribution is 0.0235. The number of carbonyl (C=O) groups is 8. The van der Waals surface area contributed by atoms with Crippen molar-refractivity contribution in [3.8, 4) is 11.5 Å². The molecule has 4 aliphatic heterocycles. The minimum atomic E-state index is -0.756. The van der Waals surface area contributed by atoms with E-state index in [0.29, 0.717) is 78.9 Å². The van der Waals surface area contributed by atoms with Gasteiger partial charge in [-0.3, -0.25) is 58.0 Å². The Morgan fingerprint density at radius 2 is 0.529 bits per heavy atom. The molecule has 15 nitrogen and oxygen atoms in total. The molecular formula is C72H50N4O11. The number of methoxy groups -OCH3 is 2. The van der Waals surface area contributed by atoms with Gasteiger partial charge in [0.1, 0.15) is 11.5 Å². The highest BCUT2D eigenvalue weighted by Crippen LogP contribution is 2.49. The highest BCUT2D eigenvalue weighted by molar-refractivity contribution is 6.43. The molecule has 16 rings (SSSR count). The van der Waals surface area contributed by atoms with Crippen LogP contribution in [0, 0.1) is 0 Å². The Kier molecular flexibility index (Phi) is 11.3. The molecule has 0 N–H and O–H groups in total. The van der Waals surface area contributed by atoms with E-state index in [1.807, 2.05) is 97.1 Å². The highest BCUT2D eigenvalue weighted by Gasteiger charge is 2.42. The molecule has 15 heteroatoms. The van der Waals surface area contributed by atoms with Crippen LogP contribution in [-0.4, -0.2) is 119 Å². The summed E-state index contributed by atoms with van der Waals surface area (Å²) in [5.41, 5.74) is 5.04. The van der Waals surface area contributed by atoms with E-state index in [-0.39, 0.29) is 49.9 Å². The number of amides is 8. The summed E-state index contributed by atoms with van der Waals surface area (Å²) in [6.07, 6.45) is 0.948. The van der Waals surface area contributed by atoms with E-state index in [0.717, 1.165) is 87.3 Å². The predicted octanol–water partition coefficient (Wildman–Crippen LogP) is 12.2. The van der Waals surface area contributed by atoms with Crippen LogP contribution < -0.4 is 9.47 Å². The molecule has 0 fully saturated rings. The maximum atomic E-state index is 14.7. The zero-order valence-corrected chi connectivity index (χ0v) is 47.5. The molecule has 0 spiro atoms. The number of carbonyl (C=O) groups excluding carboxylic acids is 8. The molecule has 424 valence electrons. The normalized spacial score (nSPS) is 15.7. The van der Waals surface area contributed by atoms with Gasteiger partial charge in [-0.2, -0.15) is 0 Å². The van der Waals surface area contributed by atoms with Gasteiger partial charge >= 0.3 is 0 Å². The van der Waals surface area contributed by atoms with Crippen molar-refractivity contribution in [3.63, 3.8) is 0 Å². The second-order valence-corrected chi connectivity index (χ2v) is 23.2. The first-order chi connectivity index (χ1) is 42.3. The predicted molar refractivity (Wildman–Crippen MR) is 330 cm³/mol. The SMILES string of the molecule is COc1ccc(CCN2C(=O)c3ccc4c5ccc6c7c(ccc(c8ccc(c3c48)C2=O)c75)C(=O)N(C(C)COCC(C)N2C(=O)c3ccc4c5ccc7c8c(ccc(c9ccc(c3c49)C2=O)c85)C(=O)N(CCc2ccc(OC)cc2)C7=O)C6=O)cc1. The first-order valence-electron chi connectivity index (χ1n) is 29.0. The molecule has 4 heterocycles. The van der Waals surface area contributed by atoms with E-state index < -0.39 is 35.7 Å². The fourth-order valence-electron chi connectivity index (χ4n) is 14.5. The average Bonchev–Trinajstić information content (AvgIpc) is 0.733. The molecule has 0 aromatic heterocycles. The molecule has 2 unspecified atom stereocenters. The lowest BCUT2D eigenvalue weighted by atomic mass is 9.82. The van der Waals surface area contributed by atoms with Crippen LogP contribution in [0.2, 0.25) is 0 Å². The number of nitrogens with zero attached hydrogens (tertiary/aromatic N) is 4. The van der Waals surface area contributed by atoms with Crippen molar-refractivity contribution in [2.45, 2.75) is 38.8 Å². The van der Waals surface area contributed by atoms with E-state index >= 15 is 0 Å². The van der Waals surface area contributed by atoms with Gasteiger partial charge in [0.2, 0.25) is 0 Å². The first kappa shape index (κ1) is 52.0. The third kappa shape index (κ3) is 7.20. The zero-order valence-electron chi connectivity index (χ0n) is 47.5. The number of imide groups is 4. The quantitative estimate of drug-likeness (QED) is 0.0575. The summed E-state index contributed by atoms with van der Waals surface area (Å²) in [5.74, 6) is -2.00. The van der Waals surface area contributed by atoms with Crippen molar-refractivity contribution < 1.29 is 52.6 Å². The van der Waals surface area contributed by atoms with Crippen LogP contribution in [0.3, 0.4) is 0 Å². The molecule has 0 aliphatic carbocycles. The topological polar surface area (TPSA) is 177 Å². The summed E-state index contributed by atoms with van der Waals surface area (Å²) in [7, 11) is 3.20. The molecule has 8 amide bonds.